The van der Waals surface area contributed by atoms with E-state index in [4.69, 9.17) is 19.8 Å². The van der Waals surface area contributed by atoms with E-state index in [2.05, 4.69) is 27.6 Å². The Balaban J connectivity index is 1.22. The van der Waals surface area contributed by atoms with Crippen LogP contribution in [0, 0.1) is 17.8 Å². The molecule has 3 aromatic rings. The lowest BCUT2D eigenvalue weighted by atomic mass is 9.69. The van der Waals surface area contributed by atoms with Gasteiger partial charge in [0.2, 0.25) is 5.91 Å². The third-order valence-electron chi connectivity index (χ3n) is 10.5. The topological polar surface area (TPSA) is 132 Å². The quantitative estimate of drug-likeness (QED) is 0.383. The molecule has 0 radical (unpaired) electrons. The van der Waals surface area contributed by atoms with Crippen molar-refractivity contribution in [2.75, 3.05) is 31.1 Å². The number of aromatic nitrogens is 6. The molecule has 3 aliphatic heterocycles. The summed E-state index contributed by atoms with van der Waals surface area (Å²) < 4.78 is 50.0. The summed E-state index contributed by atoms with van der Waals surface area (Å²) in [4.78, 5) is 38.1. The van der Waals surface area contributed by atoms with Crippen LogP contribution in [0.4, 0.5) is 19.0 Å². The van der Waals surface area contributed by atoms with Gasteiger partial charge >= 0.3 is 6.18 Å². The number of piperidine rings is 1. The van der Waals surface area contributed by atoms with Gasteiger partial charge in [0.25, 0.3) is 11.7 Å². The van der Waals surface area contributed by atoms with Crippen LogP contribution in [-0.2, 0) is 27.9 Å². The van der Waals surface area contributed by atoms with E-state index in [-0.39, 0.29) is 30.9 Å². The molecule has 6 heterocycles. The highest BCUT2D eigenvalue weighted by Crippen LogP contribution is 2.42. The minimum Gasteiger partial charge on any atom is -0.374 e. The van der Waals surface area contributed by atoms with Crippen LogP contribution in [-0.4, -0.2) is 85.7 Å². The predicted molar refractivity (Wildman–Crippen MR) is 160 cm³/mol. The molecule has 3 saturated heterocycles. The maximum absolute atomic E-state index is 13.6. The third-order valence-corrected chi connectivity index (χ3v) is 10.5. The van der Waals surface area contributed by atoms with Gasteiger partial charge in [-0.25, -0.2) is 9.50 Å². The molecule has 2 bridgehead atoms. The van der Waals surface area contributed by atoms with Gasteiger partial charge in [0, 0.05) is 50.1 Å². The van der Waals surface area contributed by atoms with Crippen LogP contribution in [0.25, 0.3) is 5.78 Å². The van der Waals surface area contributed by atoms with E-state index in [0.29, 0.717) is 55.1 Å². The second-order valence-electron chi connectivity index (χ2n) is 13.5. The molecule has 4 aliphatic rings. The van der Waals surface area contributed by atoms with Crippen LogP contribution in [0.15, 0.2) is 18.5 Å². The molecule has 4 atom stereocenters. The molecular formula is C31H40F3N9O3. The number of anilines is 1. The number of rotatable bonds is 8. The van der Waals surface area contributed by atoms with Crippen molar-refractivity contribution >= 4 is 23.4 Å². The zero-order valence-corrected chi connectivity index (χ0v) is 26.1. The van der Waals surface area contributed by atoms with E-state index in [1.807, 2.05) is 13.1 Å². The third kappa shape index (κ3) is 5.71. The Hall–Kier alpha value is -3.75. The summed E-state index contributed by atoms with van der Waals surface area (Å²) in [7, 11) is 0. The summed E-state index contributed by atoms with van der Waals surface area (Å²) in [5.41, 5.74) is 1.29. The number of imidazole rings is 1. The number of amides is 2. The molecule has 15 heteroatoms. The number of carbonyl (C=O) groups excluding carboxylic acids is 2. The molecular weight excluding hydrogens is 603 g/mol. The van der Waals surface area contributed by atoms with Gasteiger partial charge < -0.3 is 20.3 Å². The monoisotopic (exact) mass is 643 g/mol. The SMILES string of the molecule is CCn1nccc1C(=O)NCC1(c2cn3nc(C[C@H]4C[C@@H](C(F)(F)F)CNC4=O)c(N4C[C@@H]5C[C@H]4CO5)nc3n2)CCC(C)CC1. The fourth-order valence-electron chi connectivity index (χ4n) is 7.64. The van der Waals surface area contributed by atoms with Crippen molar-refractivity contribution < 1.29 is 27.5 Å². The number of fused-ring (bicyclic) bond motifs is 3. The summed E-state index contributed by atoms with van der Waals surface area (Å²) in [6.07, 6.45) is 3.27. The molecule has 0 spiro atoms. The second kappa shape index (κ2) is 11.8. The highest BCUT2D eigenvalue weighted by molar-refractivity contribution is 5.92. The maximum Gasteiger partial charge on any atom is 0.393 e. The first-order valence-electron chi connectivity index (χ1n) is 16.3. The number of alkyl halides is 3. The molecule has 0 unspecified atom stereocenters. The van der Waals surface area contributed by atoms with Crippen LogP contribution in [0.1, 0.15) is 74.2 Å². The van der Waals surface area contributed by atoms with Gasteiger partial charge in [-0.2, -0.15) is 28.4 Å². The number of aryl methyl sites for hydroxylation is 1. The molecule has 1 aliphatic carbocycles. The average molecular weight is 644 g/mol. The fourth-order valence-corrected chi connectivity index (χ4v) is 7.64. The van der Waals surface area contributed by atoms with Gasteiger partial charge in [-0.3, -0.25) is 14.3 Å². The number of hydrogen-bond donors (Lipinski definition) is 2. The Labute approximate surface area is 264 Å². The first kappa shape index (κ1) is 30.9. The predicted octanol–water partition coefficient (Wildman–Crippen LogP) is 3.05. The van der Waals surface area contributed by atoms with E-state index in [0.717, 1.165) is 37.8 Å². The molecule has 248 valence electrons. The Morgan fingerprint density at radius 2 is 2.02 bits per heavy atom. The maximum atomic E-state index is 13.6. The summed E-state index contributed by atoms with van der Waals surface area (Å²) in [5, 5.41) is 14.7. The number of hydrogen-bond acceptors (Lipinski definition) is 8. The summed E-state index contributed by atoms with van der Waals surface area (Å²) in [5.74, 6) is -1.61. The largest absolute Gasteiger partial charge is 0.393 e. The van der Waals surface area contributed by atoms with Gasteiger partial charge in [-0.1, -0.05) is 6.92 Å². The molecule has 7 rings (SSSR count). The first-order chi connectivity index (χ1) is 22.0. The summed E-state index contributed by atoms with van der Waals surface area (Å²) in [6.45, 7) is 5.85. The summed E-state index contributed by atoms with van der Waals surface area (Å²) in [6, 6.07) is 1.78. The Morgan fingerprint density at radius 3 is 2.72 bits per heavy atom. The number of ether oxygens (including phenoxy) is 1. The molecule has 2 N–H and O–H groups in total. The van der Waals surface area contributed by atoms with E-state index >= 15 is 0 Å². The van der Waals surface area contributed by atoms with Crippen molar-refractivity contribution in [1.29, 1.82) is 0 Å². The van der Waals surface area contributed by atoms with Crippen molar-refractivity contribution in [3.63, 3.8) is 0 Å². The number of halogens is 3. The average Bonchev–Trinajstić information content (AvgIpc) is 3.85. The first-order valence-corrected chi connectivity index (χ1v) is 16.3. The molecule has 0 aromatic carbocycles. The van der Waals surface area contributed by atoms with Crippen molar-refractivity contribution in [1.82, 2.24) is 40.0 Å². The van der Waals surface area contributed by atoms with E-state index < -0.39 is 35.9 Å². The molecule has 12 nitrogen and oxygen atoms in total. The van der Waals surface area contributed by atoms with Gasteiger partial charge in [-0.05, 0) is 57.4 Å². The summed E-state index contributed by atoms with van der Waals surface area (Å²) >= 11 is 0. The lowest BCUT2D eigenvalue weighted by Crippen LogP contribution is -2.47. The molecule has 1 saturated carbocycles. The van der Waals surface area contributed by atoms with Crippen LogP contribution in [0.5, 0.6) is 0 Å². The zero-order chi connectivity index (χ0) is 32.2. The fraction of sp³-hybridized carbons (Fsp3) is 0.677. The minimum atomic E-state index is -4.40. The molecule has 4 fully saturated rings. The van der Waals surface area contributed by atoms with Crippen molar-refractivity contribution in [2.24, 2.45) is 17.8 Å². The minimum absolute atomic E-state index is 0.0305. The van der Waals surface area contributed by atoms with Crippen LogP contribution in [0.3, 0.4) is 0 Å². The van der Waals surface area contributed by atoms with E-state index in [1.165, 1.54) is 0 Å². The molecule has 2 amide bonds. The van der Waals surface area contributed by atoms with Gasteiger partial charge in [0.1, 0.15) is 11.4 Å². The number of carbonyl (C=O) groups is 2. The van der Waals surface area contributed by atoms with Gasteiger partial charge in [0.05, 0.1) is 36.6 Å². The molecule has 46 heavy (non-hydrogen) atoms. The normalized spacial score (nSPS) is 29.8. The zero-order valence-electron chi connectivity index (χ0n) is 26.1. The lowest BCUT2D eigenvalue weighted by Gasteiger charge is -2.38. The second-order valence-corrected chi connectivity index (χ2v) is 13.5. The Morgan fingerprint density at radius 1 is 1.22 bits per heavy atom. The number of nitrogens with one attached hydrogen (secondary N) is 2. The van der Waals surface area contributed by atoms with Crippen molar-refractivity contribution in [3.8, 4) is 0 Å². The Kier molecular flexibility index (Phi) is 7.92. The highest BCUT2D eigenvalue weighted by atomic mass is 19.4. The number of nitrogens with zero attached hydrogens (tertiary/aromatic N) is 7. The van der Waals surface area contributed by atoms with Crippen LogP contribution < -0.4 is 15.5 Å². The van der Waals surface area contributed by atoms with Gasteiger partial charge in [-0.15, -0.1) is 0 Å². The highest BCUT2D eigenvalue weighted by Gasteiger charge is 2.46. The van der Waals surface area contributed by atoms with E-state index in [9.17, 15) is 22.8 Å². The van der Waals surface area contributed by atoms with Crippen LogP contribution >= 0.6 is 0 Å². The lowest BCUT2D eigenvalue weighted by molar-refractivity contribution is -0.183. The van der Waals surface area contributed by atoms with Crippen LogP contribution in [0.2, 0.25) is 0 Å². The smallest absolute Gasteiger partial charge is 0.374 e. The number of morpholine rings is 1. The van der Waals surface area contributed by atoms with Crippen molar-refractivity contribution in [3.05, 3.63) is 35.5 Å². The Bertz CT molecular complexity index is 1610. The van der Waals surface area contributed by atoms with Gasteiger partial charge in [0.15, 0.2) is 5.82 Å². The molecule has 3 aromatic heterocycles. The van der Waals surface area contributed by atoms with Crippen molar-refractivity contribution in [2.45, 2.75) is 89.1 Å². The standard InChI is InChI=1S/C31H40F3N9O3/c1-3-42-24(6-9-37-42)28(45)36-17-30(7-4-18(2)5-8-30)25-15-43-29(38-25)39-26(41-14-22-12-21(41)16-46-22)23(40-43)11-19-10-20(31(32,33)34)13-35-27(19)44/h6,9,15,18-22H,3-5,7-8,10-14,16-17H2,1-2H3,(H,35,44)(H,36,45)/t18?,19-,20-,21+,22+,30?/m1/s1. The van der Waals surface area contributed by atoms with E-state index in [1.54, 1.807) is 21.5 Å².